The van der Waals surface area contributed by atoms with Crippen LogP contribution in [0.15, 0.2) is 18.2 Å². The second kappa shape index (κ2) is 6.37. The first-order chi connectivity index (χ1) is 9.11. The first kappa shape index (κ1) is 14.3. The number of fused-ring (bicyclic) bond motifs is 1. The average molecular weight is 265 g/mol. The molecule has 0 radical (unpaired) electrons. The van der Waals surface area contributed by atoms with E-state index in [4.69, 9.17) is 19.9 Å². The summed E-state index contributed by atoms with van der Waals surface area (Å²) in [5.41, 5.74) is 8.62. The van der Waals surface area contributed by atoms with E-state index in [9.17, 15) is 0 Å². The Hall–Kier alpha value is -1.10. The molecule has 1 aliphatic carbocycles. The second-order valence-corrected chi connectivity index (χ2v) is 5.12. The third-order valence-corrected chi connectivity index (χ3v) is 3.40. The zero-order valence-corrected chi connectivity index (χ0v) is 11.9. The SMILES string of the molecule is COc1ccc2c(c1)C(N)C(OCCOC(C)C)C2. The number of rotatable bonds is 6. The highest BCUT2D eigenvalue weighted by Gasteiger charge is 2.30. The van der Waals surface area contributed by atoms with Gasteiger partial charge in [-0.1, -0.05) is 6.07 Å². The van der Waals surface area contributed by atoms with E-state index in [0.29, 0.717) is 13.2 Å². The molecule has 4 nitrogen and oxygen atoms in total. The van der Waals surface area contributed by atoms with Gasteiger partial charge in [-0.15, -0.1) is 0 Å². The number of hydrogen-bond donors (Lipinski definition) is 1. The summed E-state index contributed by atoms with van der Waals surface area (Å²) in [6, 6.07) is 5.97. The van der Waals surface area contributed by atoms with Crippen LogP contribution in [0.5, 0.6) is 5.75 Å². The molecule has 1 aromatic carbocycles. The minimum absolute atomic E-state index is 0.0397. The fourth-order valence-electron chi connectivity index (χ4n) is 2.39. The summed E-state index contributed by atoms with van der Waals surface area (Å²) in [7, 11) is 1.67. The lowest BCUT2D eigenvalue weighted by Gasteiger charge is -2.17. The van der Waals surface area contributed by atoms with Crippen molar-refractivity contribution in [3.05, 3.63) is 29.3 Å². The third-order valence-electron chi connectivity index (χ3n) is 3.40. The van der Waals surface area contributed by atoms with Crippen LogP contribution in [0, 0.1) is 0 Å². The molecule has 0 aromatic heterocycles. The number of hydrogen-bond acceptors (Lipinski definition) is 4. The average Bonchev–Trinajstić information content (AvgIpc) is 2.71. The topological polar surface area (TPSA) is 53.7 Å². The van der Waals surface area contributed by atoms with Gasteiger partial charge in [0.1, 0.15) is 5.75 Å². The molecule has 2 rings (SSSR count). The van der Waals surface area contributed by atoms with E-state index in [0.717, 1.165) is 17.7 Å². The quantitative estimate of drug-likeness (QED) is 0.800. The van der Waals surface area contributed by atoms with Gasteiger partial charge in [0.25, 0.3) is 0 Å². The smallest absolute Gasteiger partial charge is 0.119 e. The highest BCUT2D eigenvalue weighted by atomic mass is 16.5. The molecule has 0 spiro atoms. The number of methoxy groups -OCH3 is 1. The van der Waals surface area contributed by atoms with E-state index in [1.807, 2.05) is 26.0 Å². The molecule has 1 aromatic rings. The fraction of sp³-hybridized carbons (Fsp3) is 0.600. The Balaban J connectivity index is 1.89. The molecule has 0 bridgehead atoms. The standard InChI is InChI=1S/C15H23NO3/c1-10(2)18-6-7-19-14-8-11-4-5-12(17-3)9-13(11)15(14)16/h4-5,9-10,14-15H,6-8,16H2,1-3H3. The maximum absolute atomic E-state index is 6.23. The summed E-state index contributed by atoms with van der Waals surface area (Å²) in [6.07, 6.45) is 1.14. The van der Waals surface area contributed by atoms with Gasteiger partial charge in [0, 0.05) is 6.42 Å². The van der Waals surface area contributed by atoms with Crippen molar-refractivity contribution in [2.24, 2.45) is 5.73 Å². The monoisotopic (exact) mass is 265 g/mol. The predicted molar refractivity (Wildman–Crippen MR) is 74.5 cm³/mol. The first-order valence-corrected chi connectivity index (χ1v) is 6.77. The summed E-state index contributed by atoms with van der Waals surface area (Å²) < 4.78 is 16.5. The van der Waals surface area contributed by atoms with Crippen molar-refractivity contribution in [3.63, 3.8) is 0 Å². The van der Waals surface area contributed by atoms with Gasteiger partial charge in [-0.3, -0.25) is 0 Å². The lowest BCUT2D eigenvalue weighted by atomic mass is 10.1. The molecule has 19 heavy (non-hydrogen) atoms. The molecule has 2 unspecified atom stereocenters. The summed E-state index contributed by atoms with van der Waals surface area (Å²) in [4.78, 5) is 0. The van der Waals surface area contributed by atoms with Crippen molar-refractivity contribution in [3.8, 4) is 5.75 Å². The van der Waals surface area contributed by atoms with E-state index in [1.54, 1.807) is 7.11 Å². The Kier molecular flexibility index (Phi) is 4.80. The Morgan fingerprint density at radius 1 is 1.32 bits per heavy atom. The largest absolute Gasteiger partial charge is 0.497 e. The Morgan fingerprint density at radius 2 is 2.11 bits per heavy atom. The zero-order chi connectivity index (χ0) is 13.8. The van der Waals surface area contributed by atoms with Crippen LogP contribution in [0.2, 0.25) is 0 Å². The van der Waals surface area contributed by atoms with E-state index in [1.165, 1.54) is 5.56 Å². The van der Waals surface area contributed by atoms with Crippen LogP contribution in [0.25, 0.3) is 0 Å². The van der Waals surface area contributed by atoms with Gasteiger partial charge in [-0.05, 0) is 37.1 Å². The van der Waals surface area contributed by atoms with E-state index in [-0.39, 0.29) is 18.2 Å². The summed E-state index contributed by atoms with van der Waals surface area (Å²) in [5, 5.41) is 0. The van der Waals surface area contributed by atoms with Gasteiger partial charge in [-0.2, -0.15) is 0 Å². The molecule has 0 saturated carbocycles. The zero-order valence-electron chi connectivity index (χ0n) is 11.9. The normalized spacial score (nSPS) is 21.7. The second-order valence-electron chi connectivity index (χ2n) is 5.12. The molecular formula is C15H23NO3. The van der Waals surface area contributed by atoms with Crippen molar-refractivity contribution in [2.75, 3.05) is 20.3 Å². The van der Waals surface area contributed by atoms with Crippen molar-refractivity contribution in [2.45, 2.75) is 38.5 Å². The van der Waals surface area contributed by atoms with Gasteiger partial charge < -0.3 is 19.9 Å². The van der Waals surface area contributed by atoms with E-state index < -0.39 is 0 Å². The minimum atomic E-state index is -0.0795. The predicted octanol–water partition coefficient (Wildman–Crippen LogP) is 2.06. The summed E-state index contributed by atoms with van der Waals surface area (Å²) in [5.74, 6) is 0.845. The van der Waals surface area contributed by atoms with Gasteiger partial charge in [0.15, 0.2) is 0 Å². The number of ether oxygens (including phenoxy) is 3. The molecule has 1 aliphatic rings. The first-order valence-electron chi connectivity index (χ1n) is 6.77. The van der Waals surface area contributed by atoms with Crippen LogP contribution in [0.1, 0.15) is 31.0 Å². The maximum Gasteiger partial charge on any atom is 0.119 e. The highest BCUT2D eigenvalue weighted by Crippen LogP contribution is 2.34. The highest BCUT2D eigenvalue weighted by molar-refractivity contribution is 5.42. The minimum Gasteiger partial charge on any atom is -0.497 e. The van der Waals surface area contributed by atoms with Crippen LogP contribution in [-0.2, 0) is 15.9 Å². The lowest BCUT2D eigenvalue weighted by molar-refractivity contribution is -0.0168. The molecule has 0 heterocycles. The van der Waals surface area contributed by atoms with Gasteiger partial charge in [0.2, 0.25) is 0 Å². The van der Waals surface area contributed by atoms with Crippen LogP contribution in [0.3, 0.4) is 0 Å². The molecule has 106 valence electrons. The van der Waals surface area contributed by atoms with E-state index >= 15 is 0 Å². The molecule has 0 amide bonds. The van der Waals surface area contributed by atoms with Gasteiger partial charge in [0.05, 0.1) is 38.6 Å². The maximum atomic E-state index is 6.23. The fourth-order valence-corrected chi connectivity index (χ4v) is 2.39. The van der Waals surface area contributed by atoms with Crippen molar-refractivity contribution < 1.29 is 14.2 Å². The van der Waals surface area contributed by atoms with Crippen molar-refractivity contribution >= 4 is 0 Å². The molecule has 0 fully saturated rings. The van der Waals surface area contributed by atoms with Crippen LogP contribution in [-0.4, -0.2) is 32.5 Å². The van der Waals surface area contributed by atoms with Crippen LogP contribution in [0.4, 0.5) is 0 Å². The van der Waals surface area contributed by atoms with Gasteiger partial charge in [-0.25, -0.2) is 0 Å². The Morgan fingerprint density at radius 3 is 2.79 bits per heavy atom. The molecular weight excluding hydrogens is 242 g/mol. The molecule has 2 atom stereocenters. The van der Waals surface area contributed by atoms with Crippen molar-refractivity contribution in [1.29, 1.82) is 0 Å². The van der Waals surface area contributed by atoms with E-state index in [2.05, 4.69) is 6.07 Å². The molecule has 2 N–H and O–H groups in total. The van der Waals surface area contributed by atoms with Crippen LogP contribution >= 0.6 is 0 Å². The molecule has 0 aliphatic heterocycles. The Labute approximate surface area is 114 Å². The summed E-state index contributed by atoms with van der Waals surface area (Å²) in [6.45, 7) is 5.23. The van der Waals surface area contributed by atoms with Gasteiger partial charge >= 0.3 is 0 Å². The molecule has 0 saturated heterocycles. The van der Waals surface area contributed by atoms with Crippen molar-refractivity contribution in [1.82, 2.24) is 0 Å². The number of nitrogens with two attached hydrogens (primary N) is 1. The third kappa shape index (κ3) is 3.47. The lowest BCUT2D eigenvalue weighted by Crippen LogP contribution is -2.26. The summed E-state index contributed by atoms with van der Waals surface area (Å²) >= 11 is 0. The number of benzene rings is 1. The Bertz CT molecular complexity index is 420. The van der Waals surface area contributed by atoms with Crippen LogP contribution < -0.4 is 10.5 Å². The molecule has 4 heteroatoms.